The van der Waals surface area contributed by atoms with Gasteiger partial charge in [-0.05, 0) is 39.0 Å². The van der Waals surface area contributed by atoms with Crippen molar-refractivity contribution in [3.8, 4) is 0 Å². The third-order valence-corrected chi connectivity index (χ3v) is 4.70. The van der Waals surface area contributed by atoms with Crippen LogP contribution in [-0.2, 0) is 9.59 Å². The topological polar surface area (TPSA) is 82.0 Å². The lowest BCUT2D eigenvalue weighted by atomic mass is 10.00. The lowest BCUT2D eigenvalue weighted by Crippen LogP contribution is -2.55. The molecule has 1 heterocycles. The number of fused-ring (bicyclic) bond motifs is 1. The number of benzene rings is 2. The number of amides is 2. The van der Waals surface area contributed by atoms with E-state index in [9.17, 15) is 14.7 Å². The molecule has 1 aliphatic rings. The molecule has 0 saturated carbocycles. The highest BCUT2D eigenvalue weighted by Crippen LogP contribution is 2.32. The molecule has 2 amide bonds. The number of carbonyl (C=O) groups excluding carboxylic acids is 2. The fourth-order valence-electron chi connectivity index (χ4n) is 3.30. The third kappa shape index (κ3) is 4.66. The van der Waals surface area contributed by atoms with Crippen LogP contribution >= 0.6 is 11.6 Å². The highest BCUT2D eigenvalue weighted by molar-refractivity contribution is 6.31. The number of rotatable bonds is 3. The lowest BCUT2D eigenvalue weighted by Gasteiger charge is -2.32. The molecule has 2 aromatic carbocycles. The summed E-state index contributed by atoms with van der Waals surface area (Å²) < 4.78 is 0. The second-order valence-corrected chi connectivity index (χ2v) is 8.33. The van der Waals surface area contributed by atoms with Gasteiger partial charge in [-0.3, -0.25) is 19.5 Å². The monoisotopic (exact) mass is 413 g/mol. The summed E-state index contributed by atoms with van der Waals surface area (Å²) in [5.41, 5.74) is 2.17. The zero-order valence-corrected chi connectivity index (χ0v) is 17.4. The molecular formula is C22H24ClN3O3. The van der Waals surface area contributed by atoms with E-state index < -0.39 is 24.1 Å². The first-order valence-corrected chi connectivity index (χ1v) is 9.74. The van der Waals surface area contributed by atoms with Gasteiger partial charge in [0.1, 0.15) is 12.6 Å². The van der Waals surface area contributed by atoms with Crippen molar-refractivity contribution in [2.24, 2.45) is 4.99 Å². The highest BCUT2D eigenvalue weighted by atomic mass is 35.5. The summed E-state index contributed by atoms with van der Waals surface area (Å²) in [5, 5.41) is 12.9. The maximum Gasteiger partial charge on any atom is 0.253 e. The van der Waals surface area contributed by atoms with Gasteiger partial charge in [-0.2, -0.15) is 0 Å². The lowest BCUT2D eigenvalue weighted by molar-refractivity contribution is -0.128. The van der Waals surface area contributed by atoms with Crippen molar-refractivity contribution < 1.29 is 14.7 Å². The minimum atomic E-state index is -0.910. The molecule has 0 aromatic heterocycles. The zero-order chi connectivity index (χ0) is 21.2. The average Bonchev–Trinajstić information content (AvgIpc) is 2.83. The number of benzodiazepines with no additional fused rings is 1. The van der Waals surface area contributed by atoms with Gasteiger partial charge < -0.3 is 10.4 Å². The Bertz CT molecular complexity index is 952. The number of nitrogens with one attached hydrogen (secondary N) is 1. The second-order valence-electron chi connectivity index (χ2n) is 7.89. The predicted octanol–water partition coefficient (Wildman–Crippen LogP) is 2.80. The van der Waals surface area contributed by atoms with Crippen LogP contribution in [0.3, 0.4) is 0 Å². The quantitative estimate of drug-likeness (QED) is 0.811. The number of hydrogen-bond donors (Lipinski definition) is 2. The molecule has 1 aliphatic heterocycles. The van der Waals surface area contributed by atoms with Crippen LogP contribution in [0.25, 0.3) is 0 Å². The Morgan fingerprint density at radius 1 is 1.21 bits per heavy atom. The van der Waals surface area contributed by atoms with Crippen LogP contribution in [0.1, 0.15) is 31.9 Å². The van der Waals surface area contributed by atoms with Gasteiger partial charge in [-0.25, -0.2) is 0 Å². The number of carbonyl (C=O) groups is 2. The van der Waals surface area contributed by atoms with E-state index in [1.807, 2.05) is 51.1 Å². The van der Waals surface area contributed by atoms with Crippen molar-refractivity contribution in [2.45, 2.75) is 32.4 Å². The summed E-state index contributed by atoms with van der Waals surface area (Å²) >= 11 is 6.23. The molecule has 0 spiro atoms. The van der Waals surface area contributed by atoms with Crippen LogP contribution < -0.4 is 10.2 Å². The van der Waals surface area contributed by atoms with Gasteiger partial charge in [-0.15, -0.1) is 0 Å². The summed E-state index contributed by atoms with van der Waals surface area (Å²) in [6.07, 6.45) is 0. The molecule has 0 saturated heterocycles. The van der Waals surface area contributed by atoms with Gasteiger partial charge in [-0.1, -0.05) is 41.9 Å². The van der Waals surface area contributed by atoms with Crippen molar-refractivity contribution in [3.05, 3.63) is 64.7 Å². The molecule has 3 rings (SSSR count). The average molecular weight is 414 g/mol. The van der Waals surface area contributed by atoms with Crippen LogP contribution in [0.5, 0.6) is 0 Å². The highest BCUT2D eigenvalue weighted by Gasteiger charge is 2.36. The molecule has 0 fully saturated rings. The maximum absolute atomic E-state index is 13.0. The molecule has 1 atom stereocenters. The molecule has 6 nitrogen and oxygen atoms in total. The number of anilines is 1. The first kappa shape index (κ1) is 21.0. The Balaban J connectivity index is 2.19. The Morgan fingerprint density at radius 3 is 2.52 bits per heavy atom. The van der Waals surface area contributed by atoms with Crippen LogP contribution in [-0.4, -0.2) is 47.4 Å². The largest absolute Gasteiger partial charge is 0.387 e. The number of halogens is 1. The van der Waals surface area contributed by atoms with Crippen molar-refractivity contribution in [3.63, 3.8) is 0 Å². The van der Waals surface area contributed by atoms with Gasteiger partial charge >= 0.3 is 0 Å². The van der Waals surface area contributed by atoms with Gasteiger partial charge in [0.2, 0.25) is 5.91 Å². The van der Waals surface area contributed by atoms with Gasteiger partial charge in [0.05, 0.1) is 17.9 Å². The molecule has 29 heavy (non-hydrogen) atoms. The van der Waals surface area contributed by atoms with E-state index in [0.717, 1.165) is 5.56 Å². The van der Waals surface area contributed by atoms with Crippen LogP contribution in [0.15, 0.2) is 53.5 Å². The normalized spacial score (nSPS) is 16.5. The number of hydrogen-bond acceptors (Lipinski definition) is 4. The molecule has 2 aromatic rings. The smallest absolute Gasteiger partial charge is 0.253 e. The zero-order valence-electron chi connectivity index (χ0n) is 16.6. The number of aliphatic hydroxyl groups excluding tert-OH is 1. The van der Waals surface area contributed by atoms with Gasteiger partial charge in [0.25, 0.3) is 5.91 Å². The molecule has 152 valence electrons. The molecule has 0 bridgehead atoms. The van der Waals surface area contributed by atoms with E-state index in [1.54, 1.807) is 18.2 Å². The van der Waals surface area contributed by atoms with E-state index >= 15 is 0 Å². The van der Waals surface area contributed by atoms with Crippen LogP contribution in [0, 0.1) is 0 Å². The Hall–Kier alpha value is -2.70. The number of aliphatic imine (C=N–C) groups is 1. The number of aliphatic hydroxyl groups is 1. The van der Waals surface area contributed by atoms with Crippen LogP contribution in [0.4, 0.5) is 5.69 Å². The fraction of sp³-hybridized carbons (Fsp3) is 0.318. The molecule has 0 aliphatic carbocycles. The van der Waals surface area contributed by atoms with Crippen LogP contribution in [0.2, 0.25) is 5.02 Å². The van der Waals surface area contributed by atoms with Gasteiger partial charge in [0, 0.05) is 21.7 Å². The third-order valence-electron chi connectivity index (χ3n) is 4.46. The SMILES string of the molecule is CC(C)(C)NC(=O)C1CN=C(c2ccccc2)c2ccc(Cl)cc2N1C(=O)CO. The first-order chi connectivity index (χ1) is 13.7. The summed E-state index contributed by atoms with van der Waals surface area (Å²) in [7, 11) is 0. The summed E-state index contributed by atoms with van der Waals surface area (Å²) in [5.74, 6) is -0.935. The predicted molar refractivity (Wildman–Crippen MR) is 115 cm³/mol. The molecule has 0 radical (unpaired) electrons. The molecule has 1 unspecified atom stereocenters. The van der Waals surface area contributed by atoms with Gasteiger partial charge in [0.15, 0.2) is 0 Å². The van der Waals surface area contributed by atoms with E-state index in [1.165, 1.54) is 4.90 Å². The second kappa shape index (κ2) is 8.35. The minimum absolute atomic E-state index is 0.0597. The molecular weight excluding hydrogens is 390 g/mol. The Morgan fingerprint density at radius 2 is 1.90 bits per heavy atom. The van der Waals surface area contributed by atoms with E-state index in [-0.39, 0.29) is 12.5 Å². The Labute approximate surface area is 175 Å². The maximum atomic E-state index is 13.0. The van der Waals surface area contributed by atoms with Crippen molar-refractivity contribution in [1.29, 1.82) is 0 Å². The molecule has 7 heteroatoms. The van der Waals surface area contributed by atoms with Crippen molar-refractivity contribution in [2.75, 3.05) is 18.1 Å². The van der Waals surface area contributed by atoms with E-state index in [4.69, 9.17) is 16.6 Å². The summed E-state index contributed by atoms with van der Waals surface area (Å²) in [6.45, 7) is 4.92. The standard InChI is InChI=1S/C22H24ClN3O3/c1-22(2,3)25-21(29)18-12-24-20(14-7-5-4-6-8-14)16-10-9-15(23)11-17(16)26(18)19(28)13-27/h4-11,18,27H,12-13H2,1-3H3,(H,25,29). The van der Waals surface area contributed by atoms with E-state index in [2.05, 4.69) is 5.32 Å². The Kier molecular flexibility index (Phi) is 6.05. The summed E-state index contributed by atoms with van der Waals surface area (Å²) in [6, 6.07) is 13.8. The van der Waals surface area contributed by atoms with Crippen molar-refractivity contribution in [1.82, 2.24) is 5.32 Å². The van der Waals surface area contributed by atoms with Crippen molar-refractivity contribution >= 4 is 34.8 Å². The van der Waals surface area contributed by atoms with E-state index in [0.29, 0.717) is 22.0 Å². The fourth-order valence-corrected chi connectivity index (χ4v) is 3.46. The number of nitrogens with zero attached hydrogens (tertiary/aromatic N) is 2. The minimum Gasteiger partial charge on any atom is -0.387 e. The summed E-state index contributed by atoms with van der Waals surface area (Å²) in [4.78, 5) is 31.8. The first-order valence-electron chi connectivity index (χ1n) is 9.36. The molecule has 2 N–H and O–H groups in total.